The van der Waals surface area contributed by atoms with Crippen LogP contribution in [0.15, 0.2) is 24.3 Å². The van der Waals surface area contributed by atoms with E-state index in [4.69, 9.17) is 4.74 Å². The van der Waals surface area contributed by atoms with E-state index >= 15 is 0 Å². The SMILES string of the molecule is COCC(=O)N(CC(=O)NCC(=O)Nc1ccc(C)cc1)CC(C)C. The van der Waals surface area contributed by atoms with Gasteiger partial charge in [-0.15, -0.1) is 0 Å². The number of anilines is 1. The van der Waals surface area contributed by atoms with Gasteiger partial charge in [-0.25, -0.2) is 0 Å². The quantitative estimate of drug-likeness (QED) is 0.701. The van der Waals surface area contributed by atoms with Gasteiger partial charge in [0.2, 0.25) is 17.7 Å². The fraction of sp³-hybridized carbons (Fsp3) is 0.500. The first-order chi connectivity index (χ1) is 11.8. The van der Waals surface area contributed by atoms with Crippen molar-refractivity contribution in [2.45, 2.75) is 20.8 Å². The van der Waals surface area contributed by atoms with E-state index in [1.165, 1.54) is 12.0 Å². The number of amides is 3. The second-order valence-corrected chi connectivity index (χ2v) is 6.29. The molecule has 0 heterocycles. The number of carbonyl (C=O) groups is 3. The Bertz CT molecular complexity index is 584. The highest BCUT2D eigenvalue weighted by Gasteiger charge is 2.18. The van der Waals surface area contributed by atoms with E-state index < -0.39 is 0 Å². The minimum Gasteiger partial charge on any atom is -0.375 e. The molecule has 0 unspecified atom stereocenters. The highest BCUT2D eigenvalue weighted by Crippen LogP contribution is 2.08. The summed E-state index contributed by atoms with van der Waals surface area (Å²) in [6, 6.07) is 7.37. The molecule has 0 saturated carbocycles. The number of nitrogens with one attached hydrogen (secondary N) is 2. The van der Waals surface area contributed by atoms with Crippen LogP contribution < -0.4 is 10.6 Å². The summed E-state index contributed by atoms with van der Waals surface area (Å²) in [6.07, 6.45) is 0. The van der Waals surface area contributed by atoms with Crippen molar-refractivity contribution in [3.63, 3.8) is 0 Å². The highest BCUT2D eigenvalue weighted by molar-refractivity contribution is 5.95. The van der Waals surface area contributed by atoms with Crippen LogP contribution >= 0.6 is 0 Å². The number of carbonyl (C=O) groups excluding carboxylic acids is 3. The Morgan fingerprint density at radius 2 is 1.76 bits per heavy atom. The Morgan fingerprint density at radius 1 is 1.12 bits per heavy atom. The smallest absolute Gasteiger partial charge is 0.249 e. The minimum atomic E-state index is -0.385. The third-order valence-corrected chi connectivity index (χ3v) is 3.32. The molecule has 0 spiro atoms. The van der Waals surface area contributed by atoms with E-state index in [0.717, 1.165) is 5.56 Å². The van der Waals surface area contributed by atoms with Gasteiger partial charge in [0.25, 0.3) is 0 Å². The van der Waals surface area contributed by atoms with Crippen LogP contribution in [0.2, 0.25) is 0 Å². The monoisotopic (exact) mass is 349 g/mol. The molecule has 0 aromatic heterocycles. The number of methoxy groups -OCH3 is 1. The molecule has 2 N–H and O–H groups in total. The second-order valence-electron chi connectivity index (χ2n) is 6.29. The van der Waals surface area contributed by atoms with Crippen molar-refractivity contribution in [2.24, 2.45) is 5.92 Å². The summed E-state index contributed by atoms with van der Waals surface area (Å²) in [5, 5.41) is 5.23. The molecule has 0 fully saturated rings. The minimum absolute atomic E-state index is 0.0755. The summed E-state index contributed by atoms with van der Waals surface area (Å²) in [6.45, 7) is 6.00. The first-order valence-corrected chi connectivity index (χ1v) is 8.21. The van der Waals surface area contributed by atoms with Gasteiger partial charge in [0.15, 0.2) is 0 Å². The lowest BCUT2D eigenvalue weighted by Crippen LogP contribution is -2.45. The molecule has 25 heavy (non-hydrogen) atoms. The number of benzene rings is 1. The van der Waals surface area contributed by atoms with Crippen LogP contribution in [-0.2, 0) is 19.1 Å². The molecule has 7 heteroatoms. The van der Waals surface area contributed by atoms with E-state index in [0.29, 0.717) is 12.2 Å². The molecular weight excluding hydrogens is 322 g/mol. The predicted molar refractivity (Wildman–Crippen MR) is 96.1 cm³/mol. The summed E-state index contributed by atoms with van der Waals surface area (Å²) in [5.74, 6) is -0.742. The molecule has 1 rings (SSSR count). The lowest BCUT2D eigenvalue weighted by Gasteiger charge is -2.23. The van der Waals surface area contributed by atoms with E-state index in [9.17, 15) is 14.4 Å². The van der Waals surface area contributed by atoms with Gasteiger partial charge in [-0.3, -0.25) is 14.4 Å². The molecule has 138 valence electrons. The van der Waals surface area contributed by atoms with Crippen LogP contribution in [0.25, 0.3) is 0 Å². The lowest BCUT2D eigenvalue weighted by atomic mass is 10.2. The molecule has 0 aliphatic rings. The van der Waals surface area contributed by atoms with Crippen molar-refractivity contribution in [1.82, 2.24) is 10.2 Å². The number of ether oxygens (including phenoxy) is 1. The number of rotatable bonds is 9. The van der Waals surface area contributed by atoms with Gasteiger partial charge in [0.1, 0.15) is 6.61 Å². The largest absolute Gasteiger partial charge is 0.375 e. The van der Waals surface area contributed by atoms with Gasteiger partial charge in [0, 0.05) is 19.3 Å². The normalized spacial score (nSPS) is 10.4. The maximum absolute atomic E-state index is 12.0. The summed E-state index contributed by atoms with van der Waals surface area (Å²) < 4.78 is 4.83. The molecule has 0 saturated heterocycles. The topological polar surface area (TPSA) is 87.7 Å². The van der Waals surface area contributed by atoms with Crippen LogP contribution in [0.1, 0.15) is 19.4 Å². The Kier molecular flexibility index (Phi) is 8.63. The Morgan fingerprint density at radius 3 is 2.32 bits per heavy atom. The van der Waals surface area contributed by atoms with Crippen LogP contribution in [0.3, 0.4) is 0 Å². The van der Waals surface area contributed by atoms with Gasteiger partial charge >= 0.3 is 0 Å². The zero-order valence-corrected chi connectivity index (χ0v) is 15.3. The number of aryl methyl sites for hydroxylation is 1. The summed E-state index contributed by atoms with van der Waals surface area (Å²) in [5.41, 5.74) is 1.76. The average molecular weight is 349 g/mol. The second kappa shape index (κ2) is 10.5. The first kappa shape index (κ1) is 20.6. The third-order valence-electron chi connectivity index (χ3n) is 3.32. The van der Waals surface area contributed by atoms with Crippen LogP contribution in [0, 0.1) is 12.8 Å². The van der Waals surface area contributed by atoms with Crippen LogP contribution in [0.4, 0.5) is 5.69 Å². The summed E-state index contributed by atoms with van der Waals surface area (Å²) in [4.78, 5) is 37.3. The van der Waals surface area contributed by atoms with Crippen molar-refractivity contribution >= 4 is 23.4 Å². The van der Waals surface area contributed by atoms with Gasteiger partial charge < -0.3 is 20.3 Å². The van der Waals surface area contributed by atoms with Gasteiger partial charge in [-0.1, -0.05) is 31.5 Å². The van der Waals surface area contributed by atoms with E-state index in [1.807, 2.05) is 32.9 Å². The maximum Gasteiger partial charge on any atom is 0.249 e. The van der Waals surface area contributed by atoms with E-state index in [-0.39, 0.29) is 43.3 Å². The molecule has 3 amide bonds. The Balaban J connectivity index is 2.46. The molecule has 0 bridgehead atoms. The zero-order chi connectivity index (χ0) is 18.8. The fourth-order valence-electron chi connectivity index (χ4n) is 2.16. The predicted octanol–water partition coefficient (Wildman–Crippen LogP) is 1.18. The third kappa shape index (κ3) is 8.30. The summed E-state index contributed by atoms with van der Waals surface area (Å²) >= 11 is 0. The maximum atomic E-state index is 12.0. The van der Waals surface area contributed by atoms with Crippen molar-refractivity contribution in [1.29, 1.82) is 0 Å². The van der Waals surface area contributed by atoms with Gasteiger partial charge in [-0.2, -0.15) is 0 Å². The van der Waals surface area contributed by atoms with Gasteiger partial charge in [-0.05, 0) is 25.0 Å². The molecule has 0 aliphatic carbocycles. The van der Waals surface area contributed by atoms with Crippen LogP contribution in [0.5, 0.6) is 0 Å². The molecule has 7 nitrogen and oxygen atoms in total. The van der Waals surface area contributed by atoms with E-state index in [2.05, 4.69) is 10.6 Å². The fourth-order valence-corrected chi connectivity index (χ4v) is 2.16. The van der Waals surface area contributed by atoms with Crippen molar-refractivity contribution < 1.29 is 19.1 Å². The standard InChI is InChI=1S/C18H27N3O4/c1-13(2)10-21(18(24)12-25-4)11-17(23)19-9-16(22)20-15-7-5-14(3)6-8-15/h5-8,13H,9-12H2,1-4H3,(H,19,23)(H,20,22). The average Bonchev–Trinajstić information content (AvgIpc) is 2.54. The number of hydrogen-bond donors (Lipinski definition) is 2. The Labute approximate surface area is 148 Å². The van der Waals surface area contributed by atoms with Gasteiger partial charge in [0.05, 0.1) is 13.1 Å². The first-order valence-electron chi connectivity index (χ1n) is 8.21. The molecule has 1 aromatic rings. The zero-order valence-electron chi connectivity index (χ0n) is 15.3. The van der Waals surface area contributed by atoms with Crippen LogP contribution in [-0.4, -0.2) is 56.0 Å². The number of hydrogen-bond acceptors (Lipinski definition) is 4. The summed E-state index contributed by atoms with van der Waals surface area (Å²) in [7, 11) is 1.43. The Hall–Kier alpha value is -2.41. The van der Waals surface area contributed by atoms with Crippen molar-refractivity contribution in [2.75, 3.05) is 38.7 Å². The molecule has 0 atom stereocenters. The lowest BCUT2D eigenvalue weighted by molar-refractivity contribution is -0.139. The highest BCUT2D eigenvalue weighted by atomic mass is 16.5. The molecule has 0 radical (unpaired) electrons. The van der Waals surface area contributed by atoms with Crippen molar-refractivity contribution in [3.8, 4) is 0 Å². The molecule has 0 aliphatic heterocycles. The van der Waals surface area contributed by atoms with Crippen molar-refractivity contribution in [3.05, 3.63) is 29.8 Å². The molecular formula is C18H27N3O4. The van der Waals surface area contributed by atoms with E-state index in [1.54, 1.807) is 12.1 Å². The number of nitrogens with zero attached hydrogens (tertiary/aromatic N) is 1. The molecule has 1 aromatic carbocycles.